The lowest BCUT2D eigenvalue weighted by Crippen LogP contribution is -2.16. The van der Waals surface area contributed by atoms with E-state index in [9.17, 15) is 9.59 Å². The second-order valence-corrected chi connectivity index (χ2v) is 6.65. The number of ketones is 1. The van der Waals surface area contributed by atoms with Gasteiger partial charge in [-0.15, -0.1) is 10.2 Å². The molecule has 132 valence electrons. The molecule has 1 aromatic heterocycles. The Bertz CT molecular complexity index is 952. The summed E-state index contributed by atoms with van der Waals surface area (Å²) in [5.41, 5.74) is 3.08. The summed E-state index contributed by atoms with van der Waals surface area (Å²) in [6.45, 7) is 3.49. The van der Waals surface area contributed by atoms with Crippen molar-refractivity contribution in [2.75, 3.05) is 11.1 Å². The zero-order valence-corrected chi connectivity index (χ0v) is 15.3. The predicted octanol–water partition coefficient (Wildman–Crippen LogP) is 3.51. The summed E-state index contributed by atoms with van der Waals surface area (Å²) in [6.07, 6.45) is 1.63. The van der Waals surface area contributed by atoms with Crippen molar-refractivity contribution < 1.29 is 9.59 Å². The molecule has 3 aromatic rings. The molecular weight excluding hydrogens is 348 g/mol. The third-order valence-electron chi connectivity index (χ3n) is 3.80. The maximum absolute atomic E-state index is 12.3. The van der Waals surface area contributed by atoms with Gasteiger partial charge in [-0.05, 0) is 37.6 Å². The van der Waals surface area contributed by atoms with Crippen molar-refractivity contribution in [2.45, 2.75) is 19.0 Å². The third-order valence-corrected chi connectivity index (χ3v) is 4.75. The van der Waals surface area contributed by atoms with Crippen molar-refractivity contribution in [3.05, 3.63) is 66.0 Å². The predicted molar refractivity (Wildman–Crippen MR) is 102 cm³/mol. The molecule has 1 heterocycles. The van der Waals surface area contributed by atoms with Gasteiger partial charge in [-0.25, -0.2) is 0 Å². The smallest absolute Gasteiger partial charge is 0.234 e. The number of nitrogens with zero attached hydrogens (tertiary/aromatic N) is 3. The molecule has 7 heteroatoms. The molecule has 1 amide bonds. The third kappa shape index (κ3) is 4.00. The van der Waals surface area contributed by atoms with Gasteiger partial charge in [0.05, 0.1) is 17.1 Å². The molecule has 26 heavy (non-hydrogen) atoms. The maximum Gasteiger partial charge on any atom is 0.234 e. The fourth-order valence-corrected chi connectivity index (χ4v) is 3.26. The molecule has 1 N–H and O–H groups in total. The highest BCUT2D eigenvalue weighted by Gasteiger charge is 2.13. The van der Waals surface area contributed by atoms with Crippen LogP contribution >= 0.6 is 11.8 Å². The Balaban J connectivity index is 1.69. The lowest BCUT2D eigenvalue weighted by Gasteiger charge is -2.10. The molecular formula is C19H18N4O2S. The summed E-state index contributed by atoms with van der Waals surface area (Å²) in [5.74, 6) is -0.132. The Kier molecular flexibility index (Phi) is 5.48. The first kappa shape index (κ1) is 17.9. The summed E-state index contributed by atoms with van der Waals surface area (Å²) in [6, 6.07) is 14.9. The van der Waals surface area contributed by atoms with E-state index in [1.807, 2.05) is 35.8 Å². The summed E-state index contributed by atoms with van der Waals surface area (Å²) in [7, 11) is 0. The molecule has 3 rings (SSSR count). The van der Waals surface area contributed by atoms with E-state index >= 15 is 0 Å². The zero-order chi connectivity index (χ0) is 18.5. The number of hydrogen-bond donors (Lipinski definition) is 1. The second-order valence-electron chi connectivity index (χ2n) is 5.71. The topological polar surface area (TPSA) is 76.9 Å². The number of rotatable bonds is 6. The molecule has 0 saturated carbocycles. The highest BCUT2D eigenvalue weighted by Crippen LogP contribution is 2.22. The number of Topliss-reactive ketones (excluding diaryl/α,β-unsaturated/α-hetero) is 1. The van der Waals surface area contributed by atoms with Crippen LogP contribution in [0.1, 0.15) is 22.8 Å². The lowest BCUT2D eigenvalue weighted by atomic mass is 10.1. The number of aromatic nitrogens is 3. The number of carbonyl (C=O) groups excluding carboxylic acids is 2. The molecule has 0 aliphatic carbocycles. The number of para-hydroxylation sites is 2. The van der Waals surface area contributed by atoms with Crippen molar-refractivity contribution in [2.24, 2.45) is 0 Å². The van der Waals surface area contributed by atoms with Crippen molar-refractivity contribution in [1.82, 2.24) is 14.8 Å². The van der Waals surface area contributed by atoms with Gasteiger partial charge in [0.2, 0.25) is 5.91 Å². The van der Waals surface area contributed by atoms with Gasteiger partial charge in [0.25, 0.3) is 0 Å². The standard InChI is InChI=1S/C19H18N4O2S/c1-13-7-3-6-10-17(13)23-12-20-22-19(23)26-11-18(25)21-16-9-5-4-8-15(16)14(2)24/h3-10,12H,11H2,1-2H3,(H,21,25). The van der Waals surface area contributed by atoms with E-state index in [0.29, 0.717) is 16.4 Å². The van der Waals surface area contributed by atoms with Gasteiger partial charge in [0.1, 0.15) is 6.33 Å². The monoisotopic (exact) mass is 366 g/mol. The van der Waals surface area contributed by atoms with Crippen LogP contribution < -0.4 is 5.32 Å². The van der Waals surface area contributed by atoms with Crippen LogP contribution in [0.3, 0.4) is 0 Å². The summed E-state index contributed by atoms with van der Waals surface area (Å²) >= 11 is 1.29. The van der Waals surface area contributed by atoms with Crippen molar-refractivity contribution in [3.63, 3.8) is 0 Å². The summed E-state index contributed by atoms with van der Waals surface area (Å²) in [5, 5.41) is 11.5. The van der Waals surface area contributed by atoms with Crippen LogP contribution in [-0.2, 0) is 4.79 Å². The van der Waals surface area contributed by atoms with Gasteiger partial charge in [-0.2, -0.15) is 0 Å². The molecule has 0 bridgehead atoms. The Morgan fingerprint density at radius 1 is 1.12 bits per heavy atom. The van der Waals surface area contributed by atoms with Gasteiger partial charge in [-0.3, -0.25) is 14.2 Å². The minimum Gasteiger partial charge on any atom is -0.325 e. The first-order valence-electron chi connectivity index (χ1n) is 8.05. The summed E-state index contributed by atoms with van der Waals surface area (Å²) in [4.78, 5) is 23.9. The fourth-order valence-electron chi connectivity index (χ4n) is 2.54. The van der Waals surface area contributed by atoms with E-state index in [4.69, 9.17) is 0 Å². The number of carbonyl (C=O) groups is 2. The SMILES string of the molecule is CC(=O)c1ccccc1NC(=O)CSc1nncn1-c1ccccc1C. The average molecular weight is 366 g/mol. The number of anilines is 1. The molecule has 0 spiro atoms. The molecule has 0 radical (unpaired) electrons. The van der Waals surface area contributed by atoms with Gasteiger partial charge >= 0.3 is 0 Å². The highest BCUT2D eigenvalue weighted by molar-refractivity contribution is 7.99. The number of hydrogen-bond acceptors (Lipinski definition) is 5. The van der Waals surface area contributed by atoms with Crippen LogP contribution in [0.15, 0.2) is 60.0 Å². The number of nitrogens with one attached hydrogen (secondary N) is 1. The Morgan fingerprint density at radius 3 is 2.62 bits per heavy atom. The van der Waals surface area contributed by atoms with Crippen molar-refractivity contribution >= 4 is 29.1 Å². The second kappa shape index (κ2) is 7.97. The number of aryl methyl sites for hydroxylation is 1. The normalized spacial score (nSPS) is 10.5. The number of thioether (sulfide) groups is 1. The summed E-state index contributed by atoms with van der Waals surface area (Å²) < 4.78 is 1.86. The van der Waals surface area contributed by atoms with E-state index in [0.717, 1.165) is 11.3 Å². The molecule has 6 nitrogen and oxygen atoms in total. The Morgan fingerprint density at radius 2 is 1.85 bits per heavy atom. The molecule has 0 fully saturated rings. The van der Waals surface area contributed by atoms with Crippen molar-refractivity contribution in [1.29, 1.82) is 0 Å². The van der Waals surface area contributed by atoms with Crippen LogP contribution in [0.4, 0.5) is 5.69 Å². The van der Waals surface area contributed by atoms with Crippen LogP contribution in [-0.4, -0.2) is 32.2 Å². The van der Waals surface area contributed by atoms with Gasteiger partial charge < -0.3 is 5.32 Å². The van der Waals surface area contributed by atoms with Crippen LogP contribution in [0.25, 0.3) is 5.69 Å². The minimum absolute atomic E-state index is 0.0900. The quantitative estimate of drug-likeness (QED) is 0.534. The van der Waals surface area contributed by atoms with E-state index in [2.05, 4.69) is 15.5 Å². The number of benzene rings is 2. The molecule has 2 aromatic carbocycles. The Hall–Kier alpha value is -2.93. The van der Waals surface area contributed by atoms with Crippen molar-refractivity contribution in [3.8, 4) is 5.69 Å². The first-order valence-corrected chi connectivity index (χ1v) is 9.03. The Labute approximate surface area is 155 Å². The van der Waals surface area contributed by atoms with E-state index < -0.39 is 0 Å². The number of amides is 1. The fraction of sp³-hybridized carbons (Fsp3) is 0.158. The molecule has 0 unspecified atom stereocenters. The van der Waals surface area contributed by atoms with E-state index in [1.165, 1.54) is 18.7 Å². The van der Waals surface area contributed by atoms with Gasteiger partial charge in [0, 0.05) is 5.56 Å². The van der Waals surface area contributed by atoms with Gasteiger partial charge in [-0.1, -0.05) is 42.1 Å². The maximum atomic E-state index is 12.3. The lowest BCUT2D eigenvalue weighted by molar-refractivity contribution is -0.113. The van der Waals surface area contributed by atoms with Crippen LogP contribution in [0, 0.1) is 6.92 Å². The van der Waals surface area contributed by atoms with Crippen LogP contribution in [0.5, 0.6) is 0 Å². The molecule has 0 atom stereocenters. The van der Waals surface area contributed by atoms with E-state index in [-0.39, 0.29) is 17.4 Å². The highest BCUT2D eigenvalue weighted by atomic mass is 32.2. The molecule has 0 aliphatic rings. The average Bonchev–Trinajstić information content (AvgIpc) is 3.09. The van der Waals surface area contributed by atoms with E-state index in [1.54, 1.807) is 30.6 Å². The zero-order valence-electron chi connectivity index (χ0n) is 14.5. The largest absolute Gasteiger partial charge is 0.325 e. The minimum atomic E-state index is -0.206. The molecule has 0 saturated heterocycles. The van der Waals surface area contributed by atoms with Crippen LogP contribution in [0.2, 0.25) is 0 Å². The molecule has 0 aliphatic heterocycles. The van der Waals surface area contributed by atoms with Gasteiger partial charge in [0.15, 0.2) is 10.9 Å². The first-order chi connectivity index (χ1) is 12.6.